The van der Waals surface area contributed by atoms with E-state index in [1.807, 2.05) is 37.3 Å². The molecule has 3 heteroatoms. The van der Waals surface area contributed by atoms with E-state index in [1.54, 1.807) is 0 Å². The highest BCUT2D eigenvalue weighted by molar-refractivity contribution is 5.45. The minimum Gasteiger partial charge on any atom is -0.489 e. The molecule has 3 nitrogen and oxygen atoms in total. The number of benzene rings is 3. The fourth-order valence-corrected chi connectivity index (χ4v) is 4.54. The molecule has 0 aliphatic rings. The van der Waals surface area contributed by atoms with Gasteiger partial charge in [0.2, 0.25) is 0 Å². The summed E-state index contributed by atoms with van der Waals surface area (Å²) in [5.41, 5.74) is 4.48. The van der Waals surface area contributed by atoms with Crippen molar-refractivity contribution in [2.45, 2.75) is 71.8 Å². The first-order valence-corrected chi connectivity index (χ1v) is 12.2. The van der Waals surface area contributed by atoms with E-state index >= 15 is 0 Å². The van der Waals surface area contributed by atoms with E-state index in [9.17, 15) is 5.11 Å². The van der Waals surface area contributed by atoms with Crippen molar-refractivity contribution in [3.63, 3.8) is 0 Å². The van der Waals surface area contributed by atoms with Gasteiger partial charge in [0, 0.05) is 23.6 Å². The zero-order valence-corrected chi connectivity index (χ0v) is 20.7. The molecular weight excluding hydrogens is 406 g/mol. The molecule has 176 valence electrons. The van der Waals surface area contributed by atoms with E-state index in [4.69, 9.17) is 4.74 Å². The van der Waals surface area contributed by atoms with Gasteiger partial charge >= 0.3 is 0 Å². The molecule has 0 radical (unpaired) electrons. The molecule has 33 heavy (non-hydrogen) atoms. The second-order valence-corrected chi connectivity index (χ2v) is 9.42. The van der Waals surface area contributed by atoms with Gasteiger partial charge in [0.05, 0.1) is 6.10 Å². The van der Waals surface area contributed by atoms with E-state index in [0.29, 0.717) is 18.7 Å². The van der Waals surface area contributed by atoms with Gasteiger partial charge in [0.25, 0.3) is 0 Å². The van der Waals surface area contributed by atoms with Crippen LogP contribution in [0.3, 0.4) is 0 Å². The largest absolute Gasteiger partial charge is 0.489 e. The minimum absolute atomic E-state index is 0.177. The summed E-state index contributed by atoms with van der Waals surface area (Å²) in [4.78, 5) is 2.54. The number of rotatable bonds is 11. The van der Waals surface area contributed by atoms with Crippen molar-refractivity contribution in [1.29, 1.82) is 0 Å². The van der Waals surface area contributed by atoms with Gasteiger partial charge in [-0.1, -0.05) is 66.7 Å². The van der Waals surface area contributed by atoms with Crippen LogP contribution in [0.15, 0.2) is 78.9 Å². The molecule has 0 aliphatic heterocycles. The van der Waals surface area contributed by atoms with Gasteiger partial charge in [-0.15, -0.1) is 0 Å². The molecular formula is C30H39NO2. The number of hydrogen-bond donors (Lipinski definition) is 1. The first-order valence-electron chi connectivity index (χ1n) is 12.2. The van der Waals surface area contributed by atoms with E-state index < -0.39 is 6.10 Å². The van der Waals surface area contributed by atoms with Crippen LogP contribution in [-0.2, 0) is 6.61 Å². The van der Waals surface area contributed by atoms with Crippen molar-refractivity contribution in [1.82, 2.24) is 4.90 Å². The Hall–Kier alpha value is -2.62. The normalized spacial score (nSPS) is 13.5. The van der Waals surface area contributed by atoms with Crippen molar-refractivity contribution < 1.29 is 9.84 Å². The molecule has 2 atom stereocenters. The van der Waals surface area contributed by atoms with Crippen LogP contribution in [0.25, 0.3) is 0 Å². The molecule has 0 amide bonds. The molecule has 0 fully saturated rings. The fourth-order valence-electron chi connectivity index (χ4n) is 4.54. The number of ether oxygens (including phenoxy) is 1. The first-order chi connectivity index (χ1) is 15.9. The lowest BCUT2D eigenvalue weighted by atomic mass is 9.86. The summed E-state index contributed by atoms with van der Waals surface area (Å²) in [7, 11) is 0. The number of aliphatic hydroxyl groups excluding tert-OH is 1. The van der Waals surface area contributed by atoms with Gasteiger partial charge in [0.15, 0.2) is 0 Å². The molecule has 0 saturated heterocycles. The minimum atomic E-state index is -0.522. The smallest absolute Gasteiger partial charge is 0.123 e. The van der Waals surface area contributed by atoms with Crippen LogP contribution in [0, 0.1) is 0 Å². The zero-order chi connectivity index (χ0) is 23.8. The van der Waals surface area contributed by atoms with E-state index in [0.717, 1.165) is 35.4 Å². The predicted octanol–water partition coefficient (Wildman–Crippen LogP) is 6.96. The molecule has 0 saturated carbocycles. The molecule has 0 aromatic heterocycles. The molecule has 0 bridgehead atoms. The Labute approximate surface area is 200 Å². The highest BCUT2D eigenvalue weighted by Crippen LogP contribution is 2.37. The summed E-state index contributed by atoms with van der Waals surface area (Å²) >= 11 is 0. The van der Waals surface area contributed by atoms with Gasteiger partial charge in [-0.25, -0.2) is 0 Å². The quantitative estimate of drug-likeness (QED) is 0.346. The molecule has 0 aliphatic carbocycles. The Morgan fingerprint density at radius 3 is 1.94 bits per heavy atom. The average Bonchev–Trinajstić information content (AvgIpc) is 2.81. The topological polar surface area (TPSA) is 32.7 Å². The van der Waals surface area contributed by atoms with Gasteiger partial charge < -0.3 is 9.84 Å². The highest BCUT2D eigenvalue weighted by atomic mass is 16.5. The van der Waals surface area contributed by atoms with Gasteiger partial charge in [-0.05, 0) is 76.4 Å². The SMILES string of the molecule is CC(O)c1ccc(OCc2ccccc2)c([C@H](CCN(C(C)C)C(C)C)c2ccccc2)c1. The summed E-state index contributed by atoms with van der Waals surface area (Å²) in [6.45, 7) is 12.4. The summed E-state index contributed by atoms with van der Waals surface area (Å²) in [6, 6.07) is 28.1. The lowest BCUT2D eigenvalue weighted by Gasteiger charge is -2.32. The maximum absolute atomic E-state index is 10.3. The van der Waals surface area contributed by atoms with Crippen molar-refractivity contribution in [2.75, 3.05) is 6.54 Å². The first kappa shape index (κ1) is 25.0. The third-order valence-corrected chi connectivity index (χ3v) is 6.33. The summed E-state index contributed by atoms with van der Waals surface area (Å²) in [6.07, 6.45) is 0.455. The Bertz CT molecular complexity index is 959. The van der Waals surface area contributed by atoms with Crippen LogP contribution in [0.4, 0.5) is 0 Å². The number of hydrogen-bond acceptors (Lipinski definition) is 3. The lowest BCUT2D eigenvalue weighted by molar-refractivity contribution is 0.170. The zero-order valence-electron chi connectivity index (χ0n) is 20.7. The maximum atomic E-state index is 10.3. The van der Waals surface area contributed by atoms with Crippen LogP contribution >= 0.6 is 0 Å². The van der Waals surface area contributed by atoms with Gasteiger partial charge in [-0.2, -0.15) is 0 Å². The van der Waals surface area contributed by atoms with Crippen molar-refractivity contribution in [2.24, 2.45) is 0 Å². The standard InChI is InChI=1S/C30H39NO2/c1-22(2)31(23(3)4)19-18-28(26-14-10-7-11-15-26)29-20-27(24(5)32)16-17-30(29)33-21-25-12-8-6-9-13-25/h6-17,20,22-24,28,32H,18-19,21H2,1-5H3/t24?,28-/m1/s1. The number of nitrogens with zero attached hydrogens (tertiary/aromatic N) is 1. The molecule has 3 aromatic rings. The van der Waals surface area contributed by atoms with Gasteiger partial charge in [-0.3, -0.25) is 4.90 Å². The van der Waals surface area contributed by atoms with Gasteiger partial charge in [0.1, 0.15) is 12.4 Å². The Balaban J connectivity index is 1.98. The van der Waals surface area contributed by atoms with Crippen LogP contribution in [0.5, 0.6) is 5.75 Å². The van der Waals surface area contributed by atoms with Crippen LogP contribution in [-0.4, -0.2) is 28.6 Å². The molecule has 1 N–H and O–H groups in total. The molecule has 0 spiro atoms. The Kier molecular flexibility index (Phi) is 9.11. The Morgan fingerprint density at radius 2 is 1.36 bits per heavy atom. The van der Waals surface area contributed by atoms with Crippen molar-refractivity contribution in [3.05, 3.63) is 101 Å². The van der Waals surface area contributed by atoms with Crippen molar-refractivity contribution in [3.8, 4) is 5.75 Å². The Morgan fingerprint density at radius 1 is 0.758 bits per heavy atom. The third-order valence-electron chi connectivity index (χ3n) is 6.33. The van der Waals surface area contributed by atoms with Crippen LogP contribution in [0.2, 0.25) is 0 Å². The third kappa shape index (κ3) is 6.93. The average molecular weight is 446 g/mol. The molecule has 3 rings (SSSR count). The summed E-state index contributed by atoms with van der Waals surface area (Å²) in [5.74, 6) is 1.06. The monoisotopic (exact) mass is 445 g/mol. The van der Waals surface area contributed by atoms with Crippen LogP contribution in [0.1, 0.15) is 75.3 Å². The second kappa shape index (κ2) is 12.0. The molecule has 3 aromatic carbocycles. The van der Waals surface area contributed by atoms with E-state index in [1.165, 1.54) is 5.56 Å². The predicted molar refractivity (Wildman–Crippen MR) is 138 cm³/mol. The lowest BCUT2D eigenvalue weighted by Crippen LogP contribution is -2.38. The van der Waals surface area contributed by atoms with Crippen molar-refractivity contribution >= 4 is 0 Å². The van der Waals surface area contributed by atoms with E-state index in [-0.39, 0.29) is 5.92 Å². The maximum Gasteiger partial charge on any atom is 0.123 e. The number of aliphatic hydroxyl groups is 1. The van der Waals surface area contributed by atoms with Crippen LogP contribution < -0.4 is 4.74 Å². The molecule has 1 unspecified atom stereocenters. The second-order valence-electron chi connectivity index (χ2n) is 9.42. The summed E-state index contributed by atoms with van der Waals surface area (Å²) in [5, 5.41) is 10.3. The highest BCUT2D eigenvalue weighted by Gasteiger charge is 2.23. The van der Waals surface area contributed by atoms with E-state index in [2.05, 4.69) is 81.1 Å². The molecule has 0 heterocycles. The summed E-state index contributed by atoms with van der Waals surface area (Å²) < 4.78 is 6.37. The fraction of sp³-hybridized carbons (Fsp3) is 0.400.